The highest BCUT2D eigenvalue weighted by Gasteiger charge is 1.96. The topological polar surface area (TPSA) is 38.0 Å². The highest BCUT2D eigenvalue weighted by Crippen LogP contribution is 2.19. The Hall–Kier alpha value is -1.44. The summed E-state index contributed by atoms with van der Waals surface area (Å²) in [5, 5.41) is 3.26. The maximum atomic E-state index is 5.78. The highest BCUT2D eigenvalue weighted by molar-refractivity contribution is 5.66. The molecule has 2 heteroatoms. The summed E-state index contributed by atoms with van der Waals surface area (Å²) < 4.78 is 0. The van der Waals surface area contributed by atoms with Gasteiger partial charge in [-0.25, -0.2) is 0 Å². The summed E-state index contributed by atoms with van der Waals surface area (Å²) >= 11 is 0. The van der Waals surface area contributed by atoms with Crippen LogP contribution in [0, 0.1) is 6.92 Å². The fourth-order valence-electron chi connectivity index (χ4n) is 1.13. The molecule has 0 heterocycles. The lowest BCUT2D eigenvalue weighted by Crippen LogP contribution is -2.03. The van der Waals surface area contributed by atoms with Crippen LogP contribution in [0.1, 0.15) is 12.0 Å². The molecule has 0 aliphatic carbocycles. The summed E-state index contributed by atoms with van der Waals surface area (Å²) in [4.78, 5) is 0. The van der Waals surface area contributed by atoms with Gasteiger partial charge in [-0.15, -0.1) is 6.58 Å². The van der Waals surface area contributed by atoms with E-state index in [1.807, 2.05) is 18.2 Å². The lowest BCUT2D eigenvalue weighted by Gasteiger charge is -2.08. The molecular formula is C11H16N2. The van der Waals surface area contributed by atoms with Crippen molar-refractivity contribution in [2.75, 3.05) is 17.6 Å². The summed E-state index contributed by atoms with van der Waals surface area (Å²) in [6, 6.07) is 5.98. The second kappa shape index (κ2) is 4.55. The van der Waals surface area contributed by atoms with Crippen molar-refractivity contribution in [2.24, 2.45) is 0 Å². The van der Waals surface area contributed by atoms with Crippen LogP contribution in [0.15, 0.2) is 30.9 Å². The van der Waals surface area contributed by atoms with Gasteiger partial charge >= 0.3 is 0 Å². The molecule has 1 rings (SSSR count). The van der Waals surface area contributed by atoms with Crippen molar-refractivity contribution in [1.29, 1.82) is 0 Å². The van der Waals surface area contributed by atoms with Crippen molar-refractivity contribution in [3.05, 3.63) is 36.4 Å². The number of nitrogens with one attached hydrogen (secondary N) is 1. The van der Waals surface area contributed by atoms with Gasteiger partial charge < -0.3 is 11.1 Å². The quantitative estimate of drug-likeness (QED) is 0.420. The van der Waals surface area contributed by atoms with Crippen LogP contribution in [0.2, 0.25) is 0 Å². The van der Waals surface area contributed by atoms with Gasteiger partial charge in [-0.05, 0) is 31.0 Å². The van der Waals surface area contributed by atoms with E-state index in [2.05, 4.69) is 24.9 Å². The zero-order valence-electron chi connectivity index (χ0n) is 8.01. The Morgan fingerprint density at radius 3 is 3.00 bits per heavy atom. The molecule has 1 aromatic rings. The number of hydrogen-bond donors (Lipinski definition) is 2. The van der Waals surface area contributed by atoms with Gasteiger partial charge in [0, 0.05) is 6.54 Å². The number of aryl methyl sites for hydroxylation is 1. The minimum absolute atomic E-state index is 0.801. The second-order valence-corrected chi connectivity index (χ2v) is 3.09. The first-order valence-electron chi connectivity index (χ1n) is 4.45. The van der Waals surface area contributed by atoms with Crippen LogP contribution in [0.25, 0.3) is 0 Å². The second-order valence-electron chi connectivity index (χ2n) is 3.09. The average molecular weight is 176 g/mol. The van der Waals surface area contributed by atoms with Gasteiger partial charge in [0.15, 0.2) is 0 Å². The SMILES string of the molecule is C=CCCNc1cc(C)ccc1N. The van der Waals surface area contributed by atoms with E-state index in [4.69, 9.17) is 5.73 Å². The molecule has 0 aromatic heterocycles. The Balaban J connectivity index is 2.64. The first kappa shape index (κ1) is 9.65. The molecule has 2 nitrogen and oxygen atoms in total. The summed E-state index contributed by atoms with van der Waals surface area (Å²) in [6.07, 6.45) is 2.84. The standard InChI is InChI=1S/C11H16N2/c1-3-4-7-13-11-8-9(2)5-6-10(11)12/h3,5-6,8,13H,1,4,7,12H2,2H3. The van der Waals surface area contributed by atoms with Gasteiger partial charge in [0.25, 0.3) is 0 Å². The van der Waals surface area contributed by atoms with Crippen molar-refractivity contribution < 1.29 is 0 Å². The van der Waals surface area contributed by atoms with E-state index >= 15 is 0 Å². The first-order chi connectivity index (χ1) is 6.24. The Kier molecular flexibility index (Phi) is 3.38. The molecule has 0 bridgehead atoms. The van der Waals surface area contributed by atoms with Crippen molar-refractivity contribution >= 4 is 11.4 Å². The molecule has 0 saturated heterocycles. The van der Waals surface area contributed by atoms with Gasteiger partial charge in [-0.1, -0.05) is 12.1 Å². The lowest BCUT2D eigenvalue weighted by molar-refractivity contribution is 1.07. The van der Waals surface area contributed by atoms with E-state index in [0.717, 1.165) is 24.3 Å². The average Bonchev–Trinajstić information content (AvgIpc) is 2.11. The Bertz CT molecular complexity index is 292. The zero-order valence-corrected chi connectivity index (χ0v) is 8.01. The predicted octanol–water partition coefficient (Wildman–Crippen LogP) is 2.57. The van der Waals surface area contributed by atoms with Gasteiger partial charge in [0.1, 0.15) is 0 Å². The van der Waals surface area contributed by atoms with E-state index in [9.17, 15) is 0 Å². The molecule has 0 spiro atoms. The molecule has 0 saturated carbocycles. The summed E-state index contributed by atoms with van der Waals surface area (Å²) in [5.74, 6) is 0. The molecule has 70 valence electrons. The number of hydrogen-bond acceptors (Lipinski definition) is 2. The number of anilines is 2. The zero-order chi connectivity index (χ0) is 9.68. The van der Waals surface area contributed by atoms with E-state index in [-0.39, 0.29) is 0 Å². The summed E-state index contributed by atoms with van der Waals surface area (Å²) in [7, 11) is 0. The number of benzene rings is 1. The van der Waals surface area contributed by atoms with Crippen LogP contribution in [0.4, 0.5) is 11.4 Å². The predicted molar refractivity (Wildman–Crippen MR) is 58.9 cm³/mol. The van der Waals surface area contributed by atoms with Crippen LogP contribution < -0.4 is 11.1 Å². The fourth-order valence-corrected chi connectivity index (χ4v) is 1.13. The highest BCUT2D eigenvalue weighted by atomic mass is 14.9. The van der Waals surface area contributed by atoms with Crippen molar-refractivity contribution in [1.82, 2.24) is 0 Å². The number of nitrogen functional groups attached to an aromatic ring is 1. The Morgan fingerprint density at radius 1 is 1.54 bits per heavy atom. The third kappa shape index (κ3) is 2.82. The molecule has 0 radical (unpaired) electrons. The normalized spacial score (nSPS) is 9.62. The molecule has 0 aliphatic rings. The fraction of sp³-hybridized carbons (Fsp3) is 0.273. The van der Waals surface area contributed by atoms with Crippen molar-refractivity contribution in [3.63, 3.8) is 0 Å². The van der Waals surface area contributed by atoms with E-state index < -0.39 is 0 Å². The van der Waals surface area contributed by atoms with Crippen molar-refractivity contribution in [2.45, 2.75) is 13.3 Å². The summed E-state index contributed by atoms with van der Waals surface area (Å²) in [5.41, 5.74) is 8.82. The third-order valence-corrected chi connectivity index (χ3v) is 1.87. The monoisotopic (exact) mass is 176 g/mol. The van der Waals surface area contributed by atoms with Crippen molar-refractivity contribution in [3.8, 4) is 0 Å². The van der Waals surface area contributed by atoms with Gasteiger partial charge in [-0.2, -0.15) is 0 Å². The smallest absolute Gasteiger partial charge is 0.0576 e. The van der Waals surface area contributed by atoms with Crippen LogP contribution in [-0.2, 0) is 0 Å². The molecular weight excluding hydrogens is 160 g/mol. The first-order valence-corrected chi connectivity index (χ1v) is 4.45. The lowest BCUT2D eigenvalue weighted by atomic mass is 10.2. The Morgan fingerprint density at radius 2 is 2.31 bits per heavy atom. The number of rotatable bonds is 4. The van der Waals surface area contributed by atoms with Crippen LogP contribution in [-0.4, -0.2) is 6.54 Å². The third-order valence-electron chi connectivity index (χ3n) is 1.87. The van der Waals surface area contributed by atoms with E-state index in [1.54, 1.807) is 0 Å². The molecule has 0 fully saturated rings. The van der Waals surface area contributed by atoms with Crippen LogP contribution in [0.5, 0.6) is 0 Å². The summed E-state index contributed by atoms with van der Waals surface area (Å²) in [6.45, 7) is 6.60. The van der Waals surface area contributed by atoms with E-state index in [0.29, 0.717) is 0 Å². The maximum absolute atomic E-state index is 5.78. The van der Waals surface area contributed by atoms with Crippen LogP contribution >= 0.6 is 0 Å². The molecule has 3 N–H and O–H groups in total. The van der Waals surface area contributed by atoms with Gasteiger partial charge in [0.2, 0.25) is 0 Å². The van der Waals surface area contributed by atoms with Gasteiger partial charge in [-0.3, -0.25) is 0 Å². The molecule has 1 aromatic carbocycles. The minimum atomic E-state index is 0.801. The van der Waals surface area contributed by atoms with Crippen LogP contribution in [0.3, 0.4) is 0 Å². The Labute approximate surface area is 79.5 Å². The molecule has 13 heavy (non-hydrogen) atoms. The van der Waals surface area contributed by atoms with E-state index in [1.165, 1.54) is 5.56 Å². The molecule has 0 aliphatic heterocycles. The molecule has 0 atom stereocenters. The van der Waals surface area contributed by atoms with Gasteiger partial charge in [0.05, 0.1) is 11.4 Å². The minimum Gasteiger partial charge on any atom is -0.397 e. The maximum Gasteiger partial charge on any atom is 0.0576 e. The molecule has 0 amide bonds. The molecule has 0 unspecified atom stereocenters. The largest absolute Gasteiger partial charge is 0.397 e. The number of nitrogens with two attached hydrogens (primary N) is 1.